The fourth-order valence-corrected chi connectivity index (χ4v) is 1.27. The molecule has 0 aliphatic carbocycles. The van der Waals surface area contributed by atoms with E-state index >= 15 is 0 Å². The molecule has 0 radical (unpaired) electrons. The third-order valence-corrected chi connectivity index (χ3v) is 2.08. The van der Waals surface area contributed by atoms with Gasteiger partial charge in [0.25, 0.3) is 0 Å². The molecule has 2 unspecified atom stereocenters. The van der Waals surface area contributed by atoms with Crippen molar-refractivity contribution in [2.45, 2.75) is 52.2 Å². The number of aliphatic hydroxyl groups is 1. The summed E-state index contributed by atoms with van der Waals surface area (Å²) < 4.78 is 5.48. The summed E-state index contributed by atoms with van der Waals surface area (Å²) in [6.07, 6.45) is 3.18. The molecule has 0 aromatic carbocycles. The van der Waals surface area contributed by atoms with Gasteiger partial charge in [0.05, 0.1) is 18.8 Å². The molecule has 0 aromatic heterocycles. The predicted octanol–water partition coefficient (Wildman–Crippen LogP) is 1.55. The summed E-state index contributed by atoms with van der Waals surface area (Å²) in [7, 11) is 0. The first-order valence-corrected chi connectivity index (χ1v) is 5.71. The van der Waals surface area contributed by atoms with Gasteiger partial charge in [0.2, 0.25) is 0 Å². The van der Waals surface area contributed by atoms with Crippen LogP contribution in [-0.2, 0) is 4.74 Å². The number of nitrogens with one attached hydrogen (secondary N) is 1. The molecule has 2 atom stereocenters. The molecular formula is C11H25NO2. The Bertz CT molecular complexity index is 120. The van der Waals surface area contributed by atoms with Crippen LogP contribution in [0.5, 0.6) is 0 Å². The molecule has 0 saturated carbocycles. The molecule has 0 aromatic rings. The fourth-order valence-electron chi connectivity index (χ4n) is 1.27. The monoisotopic (exact) mass is 203 g/mol. The van der Waals surface area contributed by atoms with Gasteiger partial charge in [0, 0.05) is 6.54 Å². The Morgan fingerprint density at radius 3 is 2.57 bits per heavy atom. The van der Waals surface area contributed by atoms with Crippen LogP contribution in [0, 0.1) is 0 Å². The Morgan fingerprint density at radius 2 is 2.00 bits per heavy atom. The molecule has 0 rings (SSSR count). The first-order chi connectivity index (χ1) is 6.70. The SMILES string of the molecule is CCCNCC(O)COC(C)CCC. The maximum absolute atomic E-state index is 9.51. The lowest BCUT2D eigenvalue weighted by molar-refractivity contribution is -0.00419. The van der Waals surface area contributed by atoms with E-state index in [1.165, 1.54) is 0 Å². The molecule has 0 fully saturated rings. The lowest BCUT2D eigenvalue weighted by Gasteiger charge is -2.16. The number of hydrogen-bond acceptors (Lipinski definition) is 3. The van der Waals surface area contributed by atoms with Crippen molar-refractivity contribution in [1.29, 1.82) is 0 Å². The van der Waals surface area contributed by atoms with Crippen LogP contribution in [0.2, 0.25) is 0 Å². The maximum Gasteiger partial charge on any atom is 0.0897 e. The van der Waals surface area contributed by atoms with Crippen molar-refractivity contribution in [3.63, 3.8) is 0 Å². The second kappa shape index (κ2) is 9.44. The summed E-state index contributed by atoms with van der Waals surface area (Å²) in [5, 5.41) is 12.7. The third-order valence-electron chi connectivity index (χ3n) is 2.08. The van der Waals surface area contributed by atoms with E-state index in [1.807, 2.05) is 0 Å². The Hall–Kier alpha value is -0.120. The highest BCUT2D eigenvalue weighted by Crippen LogP contribution is 2.01. The second-order valence-electron chi connectivity index (χ2n) is 3.79. The quantitative estimate of drug-likeness (QED) is 0.559. The summed E-state index contributed by atoms with van der Waals surface area (Å²) in [4.78, 5) is 0. The summed E-state index contributed by atoms with van der Waals surface area (Å²) in [6, 6.07) is 0. The zero-order chi connectivity index (χ0) is 10.8. The molecule has 0 spiro atoms. The average Bonchev–Trinajstić information content (AvgIpc) is 2.16. The smallest absolute Gasteiger partial charge is 0.0897 e. The van der Waals surface area contributed by atoms with Crippen molar-refractivity contribution in [2.75, 3.05) is 19.7 Å². The Kier molecular flexibility index (Phi) is 9.35. The summed E-state index contributed by atoms with van der Waals surface area (Å²) >= 11 is 0. The van der Waals surface area contributed by atoms with Gasteiger partial charge in [-0.1, -0.05) is 20.3 Å². The van der Waals surface area contributed by atoms with Gasteiger partial charge in [-0.2, -0.15) is 0 Å². The molecule has 0 aliphatic rings. The van der Waals surface area contributed by atoms with Crippen LogP contribution in [0.1, 0.15) is 40.0 Å². The predicted molar refractivity (Wildman–Crippen MR) is 59.5 cm³/mol. The van der Waals surface area contributed by atoms with E-state index in [0.29, 0.717) is 13.2 Å². The first-order valence-electron chi connectivity index (χ1n) is 5.71. The largest absolute Gasteiger partial charge is 0.389 e. The number of hydrogen-bond donors (Lipinski definition) is 2. The molecule has 86 valence electrons. The molecule has 3 nitrogen and oxygen atoms in total. The molecule has 2 N–H and O–H groups in total. The Balaban J connectivity index is 3.29. The van der Waals surface area contributed by atoms with Crippen molar-refractivity contribution < 1.29 is 9.84 Å². The minimum atomic E-state index is -0.374. The van der Waals surface area contributed by atoms with Crippen LogP contribution in [0.25, 0.3) is 0 Å². The molecule has 0 heterocycles. The molecule has 0 amide bonds. The van der Waals surface area contributed by atoms with Gasteiger partial charge in [0.1, 0.15) is 0 Å². The van der Waals surface area contributed by atoms with Crippen LogP contribution in [0.15, 0.2) is 0 Å². The van der Waals surface area contributed by atoms with Gasteiger partial charge in [-0.05, 0) is 26.3 Å². The number of aliphatic hydroxyl groups excluding tert-OH is 1. The molecule has 14 heavy (non-hydrogen) atoms. The van der Waals surface area contributed by atoms with Gasteiger partial charge in [-0.15, -0.1) is 0 Å². The van der Waals surface area contributed by atoms with Crippen molar-refractivity contribution in [1.82, 2.24) is 5.32 Å². The van der Waals surface area contributed by atoms with Crippen LogP contribution < -0.4 is 5.32 Å². The summed E-state index contributed by atoms with van der Waals surface area (Å²) in [6.45, 7) is 8.33. The minimum Gasteiger partial charge on any atom is -0.389 e. The first kappa shape index (κ1) is 13.9. The molecular weight excluding hydrogens is 178 g/mol. The normalized spacial score (nSPS) is 15.4. The lowest BCUT2D eigenvalue weighted by Crippen LogP contribution is -2.32. The number of ether oxygens (including phenoxy) is 1. The van der Waals surface area contributed by atoms with E-state index in [1.54, 1.807) is 0 Å². The van der Waals surface area contributed by atoms with Gasteiger partial charge in [-0.25, -0.2) is 0 Å². The fraction of sp³-hybridized carbons (Fsp3) is 1.00. The zero-order valence-corrected chi connectivity index (χ0v) is 9.75. The number of rotatable bonds is 9. The molecule has 0 aliphatic heterocycles. The second-order valence-corrected chi connectivity index (χ2v) is 3.79. The van der Waals surface area contributed by atoms with Crippen molar-refractivity contribution >= 4 is 0 Å². The highest BCUT2D eigenvalue weighted by Gasteiger charge is 2.06. The molecule has 0 bridgehead atoms. The topological polar surface area (TPSA) is 41.5 Å². The van der Waals surface area contributed by atoms with Gasteiger partial charge in [-0.3, -0.25) is 0 Å². The van der Waals surface area contributed by atoms with Crippen LogP contribution in [-0.4, -0.2) is 37.0 Å². The third kappa shape index (κ3) is 8.48. The van der Waals surface area contributed by atoms with Gasteiger partial charge >= 0.3 is 0 Å². The lowest BCUT2D eigenvalue weighted by atomic mass is 10.2. The highest BCUT2D eigenvalue weighted by atomic mass is 16.5. The summed E-state index contributed by atoms with van der Waals surface area (Å²) in [5.74, 6) is 0. The van der Waals surface area contributed by atoms with Crippen LogP contribution in [0.3, 0.4) is 0 Å². The standard InChI is InChI=1S/C11H25NO2/c1-4-6-10(3)14-9-11(13)8-12-7-5-2/h10-13H,4-9H2,1-3H3. The van der Waals surface area contributed by atoms with E-state index in [9.17, 15) is 5.11 Å². The van der Waals surface area contributed by atoms with E-state index in [2.05, 4.69) is 26.1 Å². The Morgan fingerprint density at radius 1 is 1.29 bits per heavy atom. The van der Waals surface area contributed by atoms with E-state index < -0.39 is 0 Å². The maximum atomic E-state index is 9.51. The van der Waals surface area contributed by atoms with Gasteiger partial charge in [0.15, 0.2) is 0 Å². The van der Waals surface area contributed by atoms with Crippen molar-refractivity contribution in [3.05, 3.63) is 0 Å². The van der Waals surface area contributed by atoms with Crippen molar-refractivity contribution in [3.8, 4) is 0 Å². The van der Waals surface area contributed by atoms with E-state index in [-0.39, 0.29) is 12.2 Å². The van der Waals surface area contributed by atoms with Crippen LogP contribution >= 0.6 is 0 Å². The minimum absolute atomic E-state index is 0.265. The average molecular weight is 203 g/mol. The van der Waals surface area contributed by atoms with Gasteiger partial charge < -0.3 is 15.2 Å². The van der Waals surface area contributed by atoms with E-state index in [4.69, 9.17) is 4.74 Å². The van der Waals surface area contributed by atoms with Crippen LogP contribution in [0.4, 0.5) is 0 Å². The highest BCUT2D eigenvalue weighted by molar-refractivity contribution is 4.59. The van der Waals surface area contributed by atoms with E-state index in [0.717, 1.165) is 25.8 Å². The zero-order valence-electron chi connectivity index (χ0n) is 9.75. The van der Waals surface area contributed by atoms with Crippen molar-refractivity contribution in [2.24, 2.45) is 0 Å². The molecule has 3 heteroatoms. The summed E-state index contributed by atoms with van der Waals surface area (Å²) in [5.41, 5.74) is 0. The molecule has 0 saturated heterocycles. The Labute approximate surface area is 87.8 Å².